The van der Waals surface area contributed by atoms with Crippen LogP contribution in [0.1, 0.15) is 11.3 Å². The molecular weight excluding hydrogens is 192 g/mol. The first-order valence-electron chi connectivity index (χ1n) is 4.76. The maximum Gasteiger partial charge on any atom is 0.313 e. The van der Waals surface area contributed by atoms with Crippen LogP contribution in [0.15, 0.2) is 28.7 Å². The minimum atomic E-state index is -0.280. The Kier molecular flexibility index (Phi) is 2.46. The molecule has 0 amide bonds. The average molecular weight is 204 g/mol. The molecule has 0 aliphatic heterocycles. The van der Waals surface area contributed by atoms with E-state index in [1.807, 2.05) is 31.2 Å². The molecule has 3 heteroatoms. The molecule has 2 aromatic rings. The Balaban J connectivity index is 2.44. The number of aryl methyl sites for hydroxylation is 1. The van der Waals surface area contributed by atoms with Gasteiger partial charge >= 0.3 is 5.97 Å². The highest BCUT2D eigenvalue weighted by molar-refractivity contribution is 5.83. The number of rotatable bonds is 2. The zero-order chi connectivity index (χ0) is 10.8. The van der Waals surface area contributed by atoms with Gasteiger partial charge in [-0.2, -0.15) is 0 Å². The SMILES string of the molecule is COC(=O)Cc1oc2ccccc2c1C. The molecule has 0 saturated heterocycles. The van der Waals surface area contributed by atoms with E-state index in [0.29, 0.717) is 5.76 Å². The quantitative estimate of drug-likeness (QED) is 0.705. The molecule has 3 nitrogen and oxygen atoms in total. The van der Waals surface area contributed by atoms with Crippen LogP contribution >= 0.6 is 0 Å². The highest BCUT2D eigenvalue weighted by Crippen LogP contribution is 2.25. The summed E-state index contributed by atoms with van der Waals surface area (Å²) in [5, 5.41) is 1.05. The second-order valence-electron chi connectivity index (χ2n) is 3.40. The van der Waals surface area contributed by atoms with Crippen LogP contribution in [-0.2, 0) is 16.0 Å². The summed E-state index contributed by atoms with van der Waals surface area (Å²) >= 11 is 0. The lowest BCUT2D eigenvalue weighted by Gasteiger charge is -1.96. The van der Waals surface area contributed by atoms with Crippen LogP contribution in [0, 0.1) is 6.92 Å². The Hall–Kier alpha value is -1.77. The smallest absolute Gasteiger partial charge is 0.313 e. The number of benzene rings is 1. The van der Waals surface area contributed by atoms with Crippen LogP contribution in [0.25, 0.3) is 11.0 Å². The number of fused-ring (bicyclic) bond motifs is 1. The molecule has 0 saturated carbocycles. The van der Waals surface area contributed by atoms with Crippen LogP contribution in [0.3, 0.4) is 0 Å². The van der Waals surface area contributed by atoms with Gasteiger partial charge in [0.15, 0.2) is 0 Å². The molecule has 1 aromatic carbocycles. The summed E-state index contributed by atoms with van der Waals surface area (Å²) in [4.78, 5) is 11.1. The van der Waals surface area contributed by atoms with E-state index in [2.05, 4.69) is 4.74 Å². The fraction of sp³-hybridized carbons (Fsp3) is 0.250. The molecule has 15 heavy (non-hydrogen) atoms. The van der Waals surface area contributed by atoms with Crippen molar-refractivity contribution in [1.82, 2.24) is 0 Å². The van der Waals surface area contributed by atoms with Gasteiger partial charge in [0.05, 0.1) is 7.11 Å². The minimum absolute atomic E-state index is 0.191. The van der Waals surface area contributed by atoms with Gasteiger partial charge in [-0.15, -0.1) is 0 Å². The number of furan rings is 1. The largest absolute Gasteiger partial charge is 0.469 e. The third-order valence-electron chi connectivity index (χ3n) is 2.48. The minimum Gasteiger partial charge on any atom is -0.469 e. The molecule has 0 fully saturated rings. The third kappa shape index (κ3) is 1.73. The lowest BCUT2D eigenvalue weighted by atomic mass is 10.1. The molecule has 78 valence electrons. The Labute approximate surface area is 87.6 Å². The van der Waals surface area contributed by atoms with Crippen molar-refractivity contribution in [1.29, 1.82) is 0 Å². The van der Waals surface area contributed by atoms with Gasteiger partial charge in [-0.25, -0.2) is 0 Å². The number of hydrogen-bond donors (Lipinski definition) is 0. The summed E-state index contributed by atoms with van der Waals surface area (Å²) in [5.41, 5.74) is 1.82. The molecule has 0 unspecified atom stereocenters. The normalized spacial score (nSPS) is 10.5. The van der Waals surface area contributed by atoms with Gasteiger partial charge in [-0.3, -0.25) is 4.79 Å². The van der Waals surface area contributed by atoms with Gasteiger partial charge in [0.1, 0.15) is 17.8 Å². The summed E-state index contributed by atoms with van der Waals surface area (Å²) in [6.07, 6.45) is 0.191. The van der Waals surface area contributed by atoms with E-state index in [4.69, 9.17) is 4.42 Å². The van der Waals surface area contributed by atoms with Crippen LogP contribution in [0.4, 0.5) is 0 Å². The second-order valence-corrected chi connectivity index (χ2v) is 3.40. The van der Waals surface area contributed by atoms with Gasteiger partial charge in [-0.1, -0.05) is 18.2 Å². The zero-order valence-corrected chi connectivity index (χ0v) is 8.74. The van der Waals surface area contributed by atoms with Crippen molar-refractivity contribution < 1.29 is 13.9 Å². The van der Waals surface area contributed by atoms with Crippen molar-refractivity contribution in [3.63, 3.8) is 0 Å². The fourth-order valence-electron chi connectivity index (χ4n) is 1.60. The monoisotopic (exact) mass is 204 g/mol. The van der Waals surface area contributed by atoms with E-state index >= 15 is 0 Å². The Morgan fingerprint density at radius 2 is 2.13 bits per heavy atom. The van der Waals surface area contributed by atoms with Gasteiger partial charge in [-0.05, 0) is 18.6 Å². The molecule has 0 bridgehead atoms. The number of carbonyl (C=O) groups is 1. The highest BCUT2D eigenvalue weighted by Gasteiger charge is 2.13. The predicted molar refractivity (Wildman–Crippen MR) is 56.7 cm³/mol. The van der Waals surface area contributed by atoms with Gasteiger partial charge < -0.3 is 9.15 Å². The second kappa shape index (κ2) is 3.77. The molecular formula is C12H12O3. The molecule has 0 aliphatic rings. The zero-order valence-electron chi connectivity index (χ0n) is 8.74. The number of carbonyl (C=O) groups excluding carboxylic acids is 1. The number of para-hydroxylation sites is 1. The molecule has 0 aliphatic carbocycles. The summed E-state index contributed by atoms with van der Waals surface area (Å²) in [6.45, 7) is 1.95. The standard InChI is InChI=1S/C12H12O3/c1-8-9-5-3-4-6-10(9)15-11(8)7-12(13)14-2/h3-6H,7H2,1-2H3. The maximum atomic E-state index is 11.1. The number of methoxy groups -OCH3 is 1. The molecule has 0 radical (unpaired) electrons. The summed E-state index contributed by atoms with van der Waals surface area (Å²) < 4.78 is 10.2. The van der Waals surface area contributed by atoms with Crippen LogP contribution in [0.2, 0.25) is 0 Å². The van der Waals surface area contributed by atoms with Crippen LogP contribution in [-0.4, -0.2) is 13.1 Å². The molecule has 0 spiro atoms. The lowest BCUT2D eigenvalue weighted by Crippen LogP contribution is -2.04. The molecule has 2 rings (SSSR count). The third-order valence-corrected chi connectivity index (χ3v) is 2.48. The first kappa shape index (κ1) is 9.77. The topological polar surface area (TPSA) is 39.4 Å². The number of hydrogen-bond acceptors (Lipinski definition) is 3. The Morgan fingerprint density at radius 3 is 2.80 bits per heavy atom. The summed E-state index contributed by atoms with van der Waals surface area (Å²) in [7, 11) is 1.38. The van der Waals surface area contributed by atoms with Crippen LogP contribution in [0.5, 0.6) is 0 Å². The van der Waals surface area contributed by atoms with Gasteiger partial charge in [0, 0.05) is 5.39 Å². The molecule has 0 N–H and O–H groups in total. The molecule has 1 heterocycles. The Morgan fingerprint density at radius 1 is 1.40 bits per heavy atom. The van der Waals surface area contributed by atoms with E-state index in [-0.39, 0.29) is 12.4 Å². The first-order valence-corrected chi connectivity index (χ1v) is 4.76. The summed E-state index contributed by atoms with van der Waals surface area (Å²) in [6, 6.07) is 7.73. The van der Waals surface area contributed by atoms with E-state index in [1.54, 1.807) is 0 Å². The number of esters is 1. The van der Waals surface area contributed by atoms with Crippen LogP contribution < -0.4 is 0 Å². The summed E-state index contributed by atoms with van der Waals surface area (Å²) in [5.74, 6) is 0.403. The fourth-order valence-corrected chi connectivity index (χ4v) is 1.60. The van der Waals surface area contributed by atoms with Gasteiger partial charge in [0.25, 0.3) is 0 Å². The predicted octanol–water partition coefficient (Wildman–Crippen LogP) is 2.46. The van der Waals surface area contributed by atoms with E-state index in [0.717, 1.165) is 16.5 Å². The highest BCUT2D eigenvalue weighted by atomic mass is 16.5. The van der Waals surface area contributed by atoms with Gasteiger partial charge in [0.2, 0.25) is 0 Å². The van der Waals surface area contributed by atoms with Crippen molar-refractivity contribution >= 4 is 16.9 Å². The van der Waals surface area contributed by atoms with Crippen molar-refractivity contribution in [3.05, 3.63) is 35.6 Å². The van der Waals surface area contributed by atoms with Crippen molar-refractivity contribution in [3.8, 4) is 0 Å². The molecule has 1 aromatic heterocycles. The first-order chi connectivity index (χ1) is 7.22. The van der Waals surface area contributed by atoms with Crippen molar-refractivity contribution in [2.75, 3.05) is 7.11 Å². The van der Waals surface area contributed by atoms with E-state index in [9.17, 15) is 4.79 Å². The lowest BCUT2D eigenvalue weighted by molar-refractivity contribution is -0.140. The van der Waals surface area contributed by atoms with E-state index < -0.39 is 0 Å². The maximum absolute atomic E-state index is 11.1. The van der Waals surface area contributed by atoms with E-state index in [1.165, 1.54) is 7.11 Å². The Bertz CT molecular complexity index is 497. The van der Waals surface area contributed by atoms with Crippen molar-refractivity contribution in [2.45, 2.75) is 13.3 Å². The number of ether oxygens (including phenoxy) is 1. The van der Waals surface area contributed by atoms with Crippen molar-refractivity contribution in [2.24, 2.45) is 0 Å². The molecule has 0 atom stereocenters. The average Bonchev–Trinajstić information content (AvgIpc) is 2.57.